The number of Topliss-reactive ketones (excluding diaryl/α,β-unsaturated/α-hetero) is 1. The van der Waals surface area contributed by atoms with Gasteiger partial charge in [0.2, 0.25) is 0 Å². The van der Waals surface area contributed by atoms with E-state index in [1.807, 2.05) is 6.92 Å². The van der Waals surface area contributed by atoms with Crippen LogP contribution in [-0.4, -0.2) is 23.9 Å². The first-order valence-corrected chi connectivity index (χ1v) is 10.1. The van der Waals surface area contributed by atoms with Crippen LogP contribution in [0.15, 0.2) is 78.4 Å². The molecule has 1 fully saturated rings. The monoisotopic (exact) mass is 433 g/mol. The summed E-state index contributed by atoms with van der Waals surface area (Å²) in [5.74, 6) is -1.26. The van der Waals surface area contributed by atoms with Crippen molar-refractivity contribution in [3.63, 3.8) is 0 Å². The molecular formula is C25H20ClNO4. The number of ether oxygens (including phenoxy) is 1. The van der Waals surface area contributed by atoms with Gasteiger partial charge in [-0.1, -0.05) is 66.2 Å². The summed E-state index contributed by atoms with van der Waals surface area (Å²) in [6.07, 6.45) is 0. The standard InChI is InChI=1S/C25H20ClNO4/c1-15-12-13-17(14-19(15)26)27-22(18-10-6-7-11-20(18)31-2)21(24(29)25(27)30)23(28)16-8-4-3-5-9-16/h3-14,22,28H,1-2H3/t22-/m1/s1. The fourth-order valence-electron chi connectivity index (χ4n) is 3.77. The molecular weight excluding hydrogens is 414 g/mol. The van der Waals surface area contributed by atoms with E-state index in [0.29, 0.717) is 27.6 Å². The number of ketones is 1. The Bertz CT molecular complexity index is 1200. The number of halogens is 1. The number of methoxy groups -OCH3 is 1. The highest BCUT2D eigenvalue weighted by Gasteiger charge is 2.48. The number of carbonyl (C=O) groups is 2. The zero-order valence-electron chi connectivity index (χ0n) is 17.0. The normalized spacial score (nSPS) is 17.8. The summed E-state index contributed by atoms with van der Waals surface area (Å²) in [4.78, 5) is 27.7. The van der Waals surface area contributed by atoms with Crippen LogP contribution >= 0.6 is 11.6 Å². The Labute approximate surface area is 185 Å². The smallest absolute Gasteiger partial charge is 0.300 e. The van der Waals surface area contributed by atoms with Gasteiger partial charge >= 0.3 is 0 Å². The van der Waals surface area contributed by atoms with Crippen LogP contribution in [0.4, 0.5) is 5.69 Å². The molecule has 0 spiro atoms. The number of aliphatic hydroxyl groups excluding tert-OH is 1. The van der Waals surface area contributed by atoms with Crippen LogP contribution in [0.1, 0.15) is 22.7 Å². The lowest BCUT2D eigenvalue weighted by Gasteiger charge is -2.27. The second kappa shape index (κ2) is 8.28. The van der Waals surface area contributed by atoms with Crippen molar-refractivity contribution in [3.05, 3.63) is 100 Å². The number of carbonyl (C=O) groups excluding carboxylic acids is 2. The van der Waals surface area contributed by atoms with E-state index in [1.165, 1.54) is 12.0 Å². The number of anilines is 1. The fraction of sp³-hybridized carbons (Fsp3) is 0.120. The largest absolute Gasteiger partial charge is 0.507 e. The Kier molecular flexibility index (Phi) is 5.53. The highest BCUT2D eigenvalue weighted by atomic mass is 35.5. The van der Waals surface area contributed by atoms with Gasteiger partial charge in [0.15, 0.2) is 0 Å². The average molecular weight is 434 g/mol. The first-order valence-electron chi connectivity index (χ1n) is 9.69. The number of aliphatic hydroxyl groups is 1. The van der Waals surface area contributed by atoms with E-state index < -0.39 is 17.7 Å². The Hall–Kier alpha value is -3.57. The van der Waals surface area contributed by atoms with E-state index in [2.05, 4.69) is 0 Å². The van der Waals surface area contributed by atoms with Crippen molar-refractivity contribution in [2.75, 3.05) is 12.0 Å². The summed E-state index contributed by atoms with van der Waals surface area (Å²) < 4.78 is 5.51. The van der Waals surface area contributed by atoms with Crippen molar-refractivity contribution in [1.82, 2.24) is 0 Å². The minimum Gasteiger partial charge on any atom is -0.507 e. The SMILES string of the molecule is COc1ccccc1[C@@H]1C(=C(O)c2ccccc2)C(=O)C(=O)N1c1ccc(C)c(Cl)c1. The number of hydrogen-bond acceptors (Lipinski definition) is 4. The summed E-state index contributed by atoms with van der Waals surface area (Å²) in [7, 11) is 1.52. The maximum atomic E-state index is 13.2. The van der Waals surface area contributed by atoms with Gasteiger partial charge in [0.25, 0.3) is 11.7 Å². The Morgan fingerprint density at radius 1 is 1.00 bits per heavy atom. The number of nitrogens with zero attached hydrogens (tertiary/aromatic N) is 1. The van der Waals surface area contributed by atoms with Crippen molar-refractivity contribution in [1.29, 1.82) is 0 Å². The van der Waals surface area contributed by atoms with Gasteiger partial charge in [-0.3, -0.25) is 14.5 Å². The van der Waals surface area contributed by atoms with Crippen molar-refractivity contribution >= 4 is 34.7 Å². The minimum atomic E-state index is -0.880. The molecule has 4 rings (SSSR count). The fourth-order valence-corrected chi connectivity index (χ4v) is 3.94. The lowest BCUT2D eigenvalue weighted by atomic mass is 9.94. The summed E-state index contributed by atoms with van der Waals surface area (Å²) in [5.41, 5.74) is 2.33. The number of aryl methyl sites for hydroxylation is 1. The van der Waals surface area contributed by atoms with Crippen molar-refractivity contribution in [2.24, 2.45) is 0 Å². The number of rotatable bonds is 4. The third kappa shape index (κ3) is 3.57. The van der Waals surface area contributed by atoms with E-state index in [-0.39, 0.29) is 11.3 Å². The average Bonchev–Trinajstić information content (AvgIpc) is 3.06. The van der Waals surface area contributed by atoms with Crippen LogP contribution in [0.25, 0.3) is 5.76 Å². The molecule has 1 aliphatic rings. The lowest BCUT2D eigenvalue weighted by molar-refractivity contribution is -0.132. The Morgan fingerprint density at radius 2 is 1.68 bits per heavy atom. The van der Waals surface area contributed by atoms with Crippen LogP contribution in [0.3, 0.4) is 0 Å². The van der Waals surface area contributed by atoms with Crippen molar-refractivity contribution in [3.8, 4) is 5.75 Å². The molecule has 0 unspecified atom stereocenters. The number of para-hydroxylation sites is 1. The van der Waals surface area contributed by atoms with Gasteiger partial charge in [-0.15, -0.1) is 0 Å². The molecule has 5 nitrogen and oxygen atoms in total. The van der Waals surface area contributed by atoms with Crippen molar-refractivity contribution in [2.45, 2.75) is 13.0 Å². The molecule has 1 heterocycles. The summed E-state index contributed by atoms with van der Waals surface area (Å²) >= 11 is 6.31. The van der Waals surface area contributed by atoms with E-state index in [4.69, 9.17) is 16.3 Å². The van der Waals surface area contributed by atoms with Crippen LogP contribution < -0.4 is 9.64 Å². The highest BCUT2D eigenvalue weighted by molar-refractivity contribution is 6.52. The highest BCUT2D eigenvalue weighted by Crippen LogP contribution is 2.45. The molecule has 156 valence electrons. The Balaban J connectivity index is 2.00. The molecule has 1 saturated heterocycles. The molecule has 0 aliphatic carbocycles. The molecule has 0 bridgehead atoms. The van der Waals surface area contributed by atoms with Crippen LogP contribution in [0, 0.1) is 6.92 Å². The third-order valence-electron chi connectivity index (χ3n) is 5.36. The lowest BCUT2D eigenvalue weighted by Crippen LogP contribution is -2.29. The maximum absolute atomic E-state index is 13.2. The number of amides is 1. The van der Waals surface area contributed by atoms with E-state index in [9.17, 15) is 14.7 Å². The zero-order valence-corrected chi connectivity index (χ0v) is 17.8. The predicted molar refractivity (Wildman–Crippen MR) is 120 cm³/mol. The third-order valence-corrected chi connectivity index (χ3v) is 5.77. The summed E-state index contributed by atoms with van der Waals surface area (Å²) in [5, 5.41) is 11.6. The summed E-state index contributed by atoms with van der Waals surface area (Å²) in [6, 6.07) is 20.1. The predicted octanol–water partition coefficient (Wildman–Crippen LogP) is 5.28. The second-order valence-corrected chi connectivity index (χ2v) is 7.62. The molecule has 3 aromatic carbocycles. The van der Waals surface area contributed by atoms with Crippen LogP contribution in [0.5, 0.6) is 5.75 Å². The molecule has 31 heavy (non-hydrogen) atoms. The first kappa shape index (κ1) is 20.7. The topological polar surface area (TPSA) is 66.8 Å². The van der Waals surface area contributed by atoms with Crippen LogP contribution in [-0.2, 0) is 9.59 Å². The zero-order chi connectivity index (χ0) is 22.1. The number of benzene rings is 3. The van der Waals surface area contributed by atoms with Gasteiger partial charge in [0.05, 0.1) is 18.7 Å². The molecule has 1 aliphatic heterocycles. The molecule has 6 heteroatoms. The van der Waals surface area contributed by atoms with Gasteiger partial charge in [0, 0.05) is 21.8 Å². The molecule has 0 aromatic heterocycles. The van der Waals surface area contributed by atoms with Gasteiger partial charge in [-0.05, 0) is 30.7 Å². The van der Waals surface area contributed by atoms with Gasteiger partial charge in [-0.2, -0.15) is 0 Å². The Morgan fingerprint density at radius 3 is 2.35 bits per heavy atom. The molecule has 3 aromatic rings. The van der Waals surface area contributed by atoms with E-state index in [0.717, 1.165) is 5.56 Å². The van der Waals surface area contributed by atoms with Gasteiger partial charge in [0.1, 0.15) is 11.5 Å². The van der Waals surface area contributed by atoms with E-state index in [1.54, 1.807) is 72.8 Å². The molecule has 0 saturated carbocycles. The first-order chi connectivity index (χ1) is 14.9. The van der Waals surface area contributed by atoms with Gasteiger partial charge < -0.3 is 9.84 Å². The van der Waals surface area contributed by atoms with Crippen LogP contribution in [0.2, 0.25) is 5.02 Å². The molecule has 0 radical (unpaired) electrons. The molecule has 1 atom stereocenters. The van der Waals surface area contributed by atoms with Crippen molar-refractivity contribution < 1.29 is 19.4 Å². The molecule has 1 amide bonds. The second-order valence-electron chi connectivity index (χ2n) is 7.21. The van der Waals surface area contributed by atoms with E-state index >= 15 is 0 Å². The minimum absolute atomic E-state index is 0.00241. The molecule has 1 N–H and O–H groups in total. The quantitative estimate of drug-likeness (QED) is 0.345. The maximum Gasteiger partial charge on any atom is 0.300 e. The summed E-state index contributed by atoms with van der Waals surface area (Å²) in [6.45, 7) is 1.85. The number of hydrogen-bond donors (Lipinski definition) is 1. The van der Waals surface area contributed by atoms with Gasteiger partial charge in [-0.25, -0.2) is 0 Å².